The predicted octanol–water partition coefficient (Wildman–Crippen LogP) is 0.834. The summed E-state index contributed by atoms with van der Waals surface area (Å²) in [6.45, 7) is 1.97. The Labute approximate surface area is 66.6 Å². The van der Waals surface area contributed by atoms with Gasteiger partial charge in [-0.25, -0.2) is 0 Å². The van der Waals surface area contributed by atoms with Crippen molar-refractivity contribution in [3.8, 4) is 0 Å². The van der Waals surface area contributed by atoms with Crippen LogP contribution < -0.4 is 5.73 Å². The van der Waals surface area contributed by atoms with Crippen LogP contribution in [0, 0.1) is 11.8 Å². The zero-order chi connectivity index (χ0) is 8.43. The van der Waals surface area contributed by atoms with Crippen LogP contribution in [0.4, 0.5) is 0 Å². The summed E-state index contributed by atoms with van der Waals surface area (Å²) in [5.41, 5.74) is 5.69. The lowest BCUT2D eigenvalue weighted by Gasteiger charge is -2.29. The zero-order valence-electron chi connectivity index (χ0n) is 6.79. The molecule has 0 aromatic carbocycles. The van der Waals surface area contributed by atoms with Crippen LogP contribution >= 0.6 is 0 Å². The lowest BCUT2D eigenvalue weighted by Crippen LogP contribution is -2.35. The number of hydrogen-bond acceptors (Lipinski definition) is 2. The maximum absolute atomic E-state index is 10.6. The van der Waals surface area contributed by atoms with Crippen molar-refractivity contribution in [1.29, 1.82) is 0 Å². The molecule has 1 saturated carbocycles. The minimum atomic E-state index is -0.663. The third kappa shape index (κ3) is 1.93. The van der Waals surface area contributed by atoms with Gasteiger partial charge in [0.2, 0.25) is 0 Å². The lowest BCUT2D eigenvalue weighted by atomic mass is 9.78. The topological polar surface area (TPSA) is 63.3 Å². The summed E-state index contributed by atoms with van der Waals surface area (Å²) < 4.78 is 0. The van der Waals surface area contributed by atoms with E-state index in [0.717, 1.165) is 19.3 Å². The second kappa shape index (κ2) is 3.22. The summed E-state index contributed by atoms with van der Waals surface area (Å²) in [5, 5.41) is 8.75. The van der Waals surface area contributed by atoms with Crippen LogP contribution in [0.15, 0.2) is 0 Å². The van der Waals surface area contributed by atoms with Gasteiger partial charge in [0.1, 0.15) is 0 Å². The van der Waals surface area contributed by atoms with E-state index in [4.69, 9.17) is 10.8 Å². The number of carbonyl (C=O) groups is 1. The Bertz CT molecular complexity index is 158. The normalized spacial score (nSPS) is 38.5. The molecule has 3 atom stereocenters. The van der Waals surface area contributed by atoms with Gasteiger partial charge >= 0.3 is 5.97 Å². The third-order valence-electron chi connectivity index (χ3n) is 2.53. The van der Waals surface area contributed by atoms with E-state index >= 15 is 0 Å². The maximum Gasteiger partial charge on any atom is 0.306 e. The predicted molar refractivity (Wildman–Crippen MR) is 42.1 cm³/mol. The van der Waals surface area contributed by atoms with Crippen LogP contribution in [0.5, 0.6) is 0 Å². The second-order valence-electron chi connectivity index (χ2n) is 3.50. The first-order valence-electron chi connectivity index (χ1n) is 4.09. The molecule has 0 heterocycles. The van der Waals surface area contributed by atoms with Crippen molar-refractivity contribution in [3.63, 3.8) is 0 Å². The molecule has 0 aliphatic heterocycles. The Balaban J connectivity index is 2.50. The summed E-state index contributed by atoms with van der Waals surface area (Å²) in [5.74, 6) is -0.574. The highest BCUT2D eigenvalue weighted by molar-refractivity contribution is 5.70. The van der Waals surface area contributed by atoms with Gasteiger partial charge < -0.3 is 10.8 Å². The molecule has 0 unspecified atom stereocenters. The molecule has 0 aromatic rings. The number of carboxylic acid groups (broad SMARTS) is 1. The maximum atomic E-state index is 10.6. The molecule has 0 saturated heterocycles. The highest BCUT2D eigenvalue weighted by atomic mass is 16.4. The SMILES string of the molecule is C[C@@H]1C[C@@H](N)CC[C@@H]1C(=O)O. The molecule has 0 aromatic heterocycles. The average Bonchev–Trinajstić information content (AvgIpc) is 1.85. The molecule has 64 valence electrons. The van der Waals surface area contributed by atoms with Crippen LogP contribution in [0.25, 0.3) is 0 Å². The molecule has 3 N–H and O–H groups in total. The Morgan fingerprint density at radius 3 is 2.64 bits per heavy atom. The number of rotatable bonds is 1. The van der Waals surface area contributed by atoms with Gasteiger partial charge in [-0.15, -0.1) is 0 Å². The highest BCUT2D eigenvalue weighted by Crippen LogP contribution is 2.28. The first-order valence-corrected chi connectivity index (χ1v) is 4.09. The van der Waals surface area contributed by atoms with E-state index in [1.807, 2.05) is 6.92 Å². The summed E-state index contributed by atoms with van der Waals surface area (Å²) in [6, 6.07) is 0.223. The minimum Gasteiger partial charge on any atom is -0.481 e. The van der Waals surface area contributed by atoms with Crippen LogP contribution in [-0.4, -0.2) is 17.1 Å². The van der Waals surface area contributed by atoms with E-state index < -0.39 is 5.97 Å². The Morgan fingerprint density at radius 1 is 1.55 bits per heavy atom. The summed E-state index contributed by atoms with van der Waals surface area (Å²) >= 11 is 0. The van der Waals surface area contributed by atoms with Crippen LogP contribution in [0.3, 0.4) is 0 Å². The Morgan fingerprint density at radius 2 is 2.18 bits per heavy atom. The number of carboxylic acids is 1. The van der Waals surface area contributed by atoms with E-state index in [-0.39, 0.29) is 17.9 Å². The van der Waals surface area contributed by atoms with Crippen LogP contribution in [0.1, 0.15) is 26.2 Å². The van der Waals surface area contributed by atoms with Gasteiger partial charge in [-0.1, -0.05) is 6.92 Å². The number of hydrogen-bond donors (Lipinski definition) is 2. The van der Waals surface area contributed by atoms with E-state index in [9.17, 15) is 4.79 Å². The van der Waals surface area contributed by atoms with Crippen LogP contribution in [0.2, 0.25) is 0 Å². The minimum absolute atomic E-state index is 0.158. The zero-order valence-corrected chi connectivity index (χ0v) is 6.79. The van der Waals surface area contributed by atoms with Gasteiger partial charge in [0.05, 0.1) is 5.92 Å². The van der Waals surface area contributed by atoms with Crippen molar-refractivity contribution < 1.29 is 9.90 Å². The van der Waals surface area contributed by atoms with Gasteiger partial charge in [0.15, 0.2) is 0 Å². The fourth-order valence-corrected chi connectivity index (χ4v) is 1.80. The van der Waals surface area contributed by atoms with E-state index in [1.165, 1.54) is 0 Å². The molecule has 0 radical (unpaired) electrons. The first-order chi connectivity index (χ1) is 5.11. The highest BCUT2D eigenvalue weighted by Gasteiger charge is 2.30. The summed E-state index contributed by atoms with van der Waals surface area (Å²) in [7, 11) is 0. The first kappa shape index (κ1) is 8.53. The lowest BCUT2D eigenvalue weighted by molar-refractivity contribution is -0.144. The van der Waals surface area contributed by atoms with Crippen molar-refractivity contribution in [1.82, 2.24) is 0 Å². The molecule has 1 aliphatic rings. The van der Waals surface area contributed by atoms with Crippen molar-refractivity contribution in [3.05, 3.63) is 0 Å². The molecule has 1 rings (SSSR count). The van der Waals surface area contributed by atoms with Crippen LogP contribution in [-0.2, 0) is 4.79 Å². The Kier molecular flexibility index (Phi) is 2.49. The van der Waals surface area contributed by atoms with Crippen molar-refractivity contribution in [2.24, 2.45) is 17.6 Å². The van der Waals surface area contributed by atoms with E-state index in [1.54, 1.807) is 0 Å². The molecule has 11 heavy (non-hydrogen) atoms. The van der Waals surface area contributed by atoms with E-state index in [2.05, 4.69) is 0 Å². The monoisotopic (exact) mass is 157 g/mol. The molecule has 0 bridgehead atoms. The smallest absolute Gasteiger partial charge is 0.306 e. The molecule has 0 spiro atoms. The molecule has 3 nitrogen and oxygen atoms in total. The van der Waals surface area contributed by atoms with Gasteiger partial charge in [0, 0.05) is 6.04 Å². The Hall–Kier alpha value is -0.570. The summed E-state index contributed by atoms with van der Waals surface area (Å²) in [4.78, 5) is 10.6. The third-order valence-corrected chi connectivity index (χ3v) is 2.53. The average molecular weight is 157 g/mol. The fourth-order valence-electron chi connectivity index (χ4n) is 1.80. The molecule has 1 fully saturated rings. The van der Waals surface area contributed by atoms with Crippen molar-refractivity contribution in [2.45, 2.75) is 32.2 Å². The van der Waals surface area contributed by atoms with Crippen molar-refractivity contribution >= 4 is 5.97 Å². The standard InChI is InChI=1S/C8H15NO2/c1-5-4-6(9)2-3-7(5)8(10)11/h5-7H,2-4,9H2,1H3,(H,10,11)/t5-,6+,7+/m1/s1. The van der Waals surface area contributed by atoms with E-state index in [0.29, 0.717) is 0 Å². The van der Waals surface area contributed by atoms with Gasteiger partial charge in [0.25, 0.3) is 0 Å². The molecule has 3 heteroatoms. The number of nitrogens with two attached hydrogens (primary N) is 1. The molecular weight excluding hydrogens is 142 g/mol. The van der Waals surface area contributed by atoms with Gasteiger partial charge in [-0.3, -0.25) is 4.79 Å². The molecule has 0 amide bonds. The quantitative estimate of drug-likeness (QED) is 0.592. The second-order valence-corrected chi connectivity index (χ2v) is 3.50. The van der Waals surface area contributed by atoms with Gasteiger partial charge in [-0.2, -0.15) is 0 Å². The molecular formula is C8H15NO2. The van der Waals surface area contributed by atoms with Crippen molar-refractivity contribution in [2.75, 3.05) is 0 Å². The molecule has 1 aliphatic carbocycles. The largest absolute Gasteiger partial charge is 0.481 e. The fraction of sp³-hybridized carbons (Fsp3) is 0.875. The summed E-state index contributed by atoms with van der Waals surface area (Å²) in [6.07, 6.45) is 2.47. The van der Waals surface area contributed by atoms with Gasteiger partial charge in [-0.05, 0) is 25.2 Å². The number of aliphatic carboxylic acids is 1.